The van der Waals surface area contributed by atoms with Crippen molar-refractivity contribution in [1.29, 1.82) is 0 Å². The number of halogens is 1. The zero-order chi connectivity index (χ0) is 30.1. The Hall–Kier alpha value is -3.83. The highest BCUT2D eigenvalue weighted by atomic mass is 32.2. The monoisotopic (exact) mass is 598 g/mol. The Morgan fingerprint density at radius 1 is 1.00 bits per heavy atom. The molecule has 1 fully saturated rings. The maximum atomic E-state index is 14.5. The van der Waals surface area contributed by atoms with E-state index in [0.29, 0.717) is 29.5 Å². The molecule has 0 bridgehead atoms. The fourth-order valence-corrected chi connectivity index (χ4v) is 5.51. The van der Waals surface area contributed by atoms with Crippen molar-refractivity contribution in [2.75, 3.05) is 43.0 Å². The van der Waals surface area contributed by atoms with Crippen LogP contribution in [0.5, 0.6) is 17.2 Å². The van der Waals surface area contributed by atoms with Crippen molar-refractivity contribution in [1.82, 2.24) is 9.80 Å². The predicted molar refractivity (Wildman–Crippen MR) is 163 cm³/mol. The molecule has 4 rings (SSSR count). The first-order valence-electron chi connectivity index (χ1n) is 14.1. The number of unbranched alkanes of at least 4 members (excludes halogenated alkanes) is 1. The van der Waals surface area contributed by atoms with E-state index in [4.69, 9.17) is 9.47 Å². The molecule has 2 N–H and O–H groups in total. The molecular formula is C31H39FN4O5S. The summed E-state index contributed by atoms with van der Waals surface area (Å²) in [6.45, 7) is 5.21. The van der Waals surface area contributed by atoms with E-state index in [-0.39, 0.29) is 17.8 Å². The second-order valence-corrected chi connectivity index (χ2v) is 12.2. The number of anilines is 2. The van der Waals surface area contributed by atoms with Crippen LogP contribution < -0.4 is 19.5 Å². The smallest absolute Gasteiger partial charge is 0.322 e. The fourth-order valence-electron chi connectivity index (χ4n) is 4.94. The van der Waals surface area contributed by atoms with E-state index in [1.54, 1.807) is 30.3 Å². The summed E-state index contributed by atoms with van der Waals surface area (Å²) < 4.78 is 50.6. The van der Waals surface area contributed by atoms with Crippen molar-refractivity contribution in [3.8, 4) is 17.2 Å². The molecule has 0 aliphatic carbocycles. The van der Waals surface area contributed by atoms with Crippen LogP contribution in [0, 0.1) is 5.82 Å². The van der Waals surface area contributed by atoms with Gasteiger partial charge in [0.15, 0.2) is 0 Å². The largest absolute Gasteiger partial charge is 0.497 e. The highest BCUT2D eigenvalue weighted by Gasteiger charge is 2.28. The summed E-state index contributed by atoms with van der Waals surface area (Å²) in [4.78, 5) is 17.4. The minimum Gasteiger partial charge on any atom is -0.497 e. The summed E-state index contributed by atoms with van der Waals surface area (Å²) in [5.74, 6) is 1.17. The van der Waals surface area contributed by atoms with Gasteiger partial charge in [-0.1, -0.05) is 25.5 Å². The highest BCUT2D eigenvalue weighted by molar-refractivity contribution is 7.92. The Kier molecular flexibility index (Phi) is 10.6. The zero-order valence-corrected chi connectivity index (χ0v) is 25.1. The third kappa shape index (κ3) is 9.09. The van der Waals surface area contributed by atoms with Gasteiger partial charge in [-0.3, -0.25) is 9.62 Å². The second-order valence-electron chi connectivity index (χ2n) is 10.5. The summed E-state index contributed by atoms with van der Waals surface area (Å²) >= 11 is 0. The van der Waals surface area contributed by atoms with Crippen LogP contribution in [0.4, 0.5) is 20.6 Å². The normalized spacial score (nSPS) is 14.3. The molecule has 0 saturated carbocycles. The van der Waals surface area contributed by atoms with Gasteiger partial charge in [0.05, 0.1) is 19.1 Å². The standard InChI is InChI=1S/C31H39FN4O5S/c1-4-5-18-36(31(37)33-30-15-14-28(40-2)21-29(30)32)25-16-19-35(20-17-25)22-23-6-10-26(11-7-23)41-27-12-8-24(9-13-27)34-42(3,38)39/h6-15,21,25,34H,4-5,16-20,22H2,1-3H3,(H,33,37). The van der Waals surface area contributed by atoms with Gasteiger partial charge in [0.1, 0.15) is 23.1 Å². The molecule has 0 unspecified atom stereocenters. The van der Waals surface area contributed by atoms with Crippen LogP contribution >= 0.6 is 0 Å². The average molecular weight is 599 g/mol. The molecule has 0 aromatic heterocycles. The van der Waals surface area contributed by atoms with Crippen LogP contribution in [0.3, 0.4) is 0 Å². The number of urea groups is 1. The first kappa shape index (κ1) is 31.1. The minimum atomic E-state index is -3.33. The lowest BCUT2D eigenvalue weighted by Gasteiger charge is -2.38. The molecule has 9 nitrogen and oxygen atoms in total. The lowest BCUT2D eigenvalue weighted by molar-refractivity contribution is 0.122. The first-order chi connectivity index (χ1) is 20.1. The number of methoxy groups -OCH3 is 1. The molecule has 226 valence electrons. The number of sulfonamides is 1. The van der Waals surface area contributed by atoms with Gasteiger partial charge in [-0.05, 0) is 73.4 Å². The predicted octanol–water partition coefficient (Wildman–Crippen LogP) is 6.30. The van der Waals surface area contributed by atoms with E-state index >= 15 is 0 Å². The maximum absolute atomic E-state index is 14.5. The number of ether oxygens (including phenoxy) is 2. The van der Waals surface area contributed by atoms with E-state index in [1.165, 1.54) is 19.2 Å². The topological polar surface area (TPSA) is 100 Å². The minimum absolute atomic E-state index is 0.0870. The molecule has 11 heteroatoms. The van der Waals surface area contributed by atoms with Crippen molar-refractivity contribution in [3.05, 3.63) is 78.1 Å². The number of benzene rings is 3. The number of rotatable bonds is 12. The van der Waals surface area contributed by atoms with Gasteiger partial charge in [0, 0.05) is 44.0 Å². The first-order valence-corrected chi connectivity index (χ1v) is 16.0. The van der Waals surface area contributed by atoms with Gasteiger partial charge >= 0.3 is 6.03 Å². The van der Waals surface area contributed by atoms with Gasteiger partial charge in [-0.15, -0.1) is 0 Å². The molecule has 3 aromatic carbocycles. The van der Waals surface area contributed by atoms with Gasteiger partial charge in [0.2, 0.25) is 10.0 Å². The second kappa shape index (κ2) is 14.4. The quantitative estimate of drug-likeness (QED) is 0.254. The molecular weight excluding hydrogens is 559 g/mol. The molecule has 2 amide bonds. The van der Waals surface area contributed by atoms with E-state index in [1.807, 2.05) is 29.2 Å². The summed E-state index contributed by atoms with van der Waals surface area (Å²) in [5.41, 5.74) is 1.78. The van der Waals surface area contributed by atoms with E-state index < -0.39 is 15.8 Å². The summed E-state index contributed by atoms with van der Waals surface area (Å²) in [6.07, 6.45) is 4.64. The van der Waals surface area contributed by atoms with Crippen molar-refractivity contribution >= 4 is 27.4 Å². The Morgan fingerprint density at radius 2 is 1.62 bits per heavy atom. The molecule has 0 radical (unpaired) electrons. The Labute approximate surface area is 247 Å². The average Bonchev–Trinajstić information content (AvgIpc) is 2.96. The van der Waals surface area contributed by atoms with E-state index in [0.717, 1.165) is 57.1 Å². The van der Waals surface area contributed by atoms with E-state index in [9.17, 15) is 17.6 Å². The number of carbonyl (C=O) groups is 1. The number of nitrogens with zero attached hydrogens (tertiary/aromatic N) is 2. The molecule has 1 aliphatic rings. The summed E-state index contributed by atoms with van der Waals surface area (Å²) in [7, 11) is -1.85. The number of amides is 2. The molecule has 0 atom stereocenters. The lowest BCUT2D eigenvalue weighted by atomic mass is 10.0. The zero-order valence-electron chi connectivity index (χ0n) is 24.3. The number of carbonyl (C=O) groups excluding carboxylic acids is 1. The fraction of sp³-hybridized carbons (Fsp3) is 0.387. The maximum Gasteiger partial charge on any atom is 0.322 e. The van der Waals surface area contributed by atoms with Gasteiger partial charge in [-0.25, -0.2) is 17.6 Å². The molecule has 0 spiro atoms. The summed E-state index contributed by atoms with van der Waals surface area (Å²) in [5, 5.41) is 2.76. The van der Waals surface area contributed by atoms with Crippen LogP contribution in [-0.4, -0.2) is 63.3 Å². The Morgan fingerprint density at radius 3 is 2.19 bits per heavy atom. The van der Waals surface area contributed by atoms with E-state index in [2.05, 4.69) is 21.9 Å². The Balaban J connectivity index is 1.29. The molecule has 1 aliphatic heterocycles. The number of hydrogen-bond donors (Lipinski definition) is 2. The van der Waals surface area contributed by atoms with Crippen molar-refractivity contribution in [2.24, 2.45) is 0 Å². The van der Waals surface area contributed by atoms with Crippen molar-refractivity contribution in [3.63, 3.8) is 0 Å². The van der Waals surface area contributed by atoms with Crippen molar-refractivity contribution in [2.45, 2.75) is 45.2 Å². The van der Waals surface area contributed by atoms with Gasteiger partial charge in [-0.2, -0.15) is 0 Å². The molecule has 1 saturated heterocycles. The van der Waals surface area contributed by atoms with Crippen LogP contribution in [0.25, 0.3) is 0 Å². The number of nitrogens with one attached hydrogen (secondary N) is 2. The number of hydrogen-bond acceptors (Lipinski definition) is 6. The third-order valence-corrected chi connectivity index (χ3v) is 7.76. The molecule has 1 heterocycles. The van der Waals surface area contributed by atoms with Gasteiger partial charge in [0.25, 0.3) is 0 Å². The van der Waals surface area contributed by atoms with Crippen LogP contribution in [-0.2, 0) is 16.6 Å². The number of likely N-dealkylation sites (tertiary alicyclic amines) is 1. The third-order valence-electron chi connectivity index (χ3n) is 7.15. The molecule has 42 heavy (non-hydrogen) atoms. The highest BCUT2D eigenvalue weighted by Crippen LogP contribution is 2.26. The van der Waals surface area contributed by atoms with Crippen LogP contribution in [0.2, 0.25) is 0 Å². The van der Waals surface area contributed by atoms with Crippen molar-refractivity contribution < 1.29 is 27.1 Å². The summed E-state index contributed by atoms with van der Waals surface area (Å²) in [6, 6.07) is 18.9. The Bertz CT molecular complexity index is 1430. The lowest BCUT2D eigenvalue weighted by Crippen LogP contribution is -2.49. The molecule has 3 aromatic rings. The SMILES string of the molecule is CCCCN(C(=O)Nc1ccc(OC)cc1F)C1CCN(Cc2ccc(Oc3ccc(NS(C)(=O)=O)cc3)cc2)CC1. The van der Waals surface area contributed by atoms with Crippen LogP contribution in [0.15, 0.2) is 66.7 Å². The van der Waals surface area contributed by atoms with Gasteiger partial charge < -0.3 is 19.7 Å². The number of piperidine rings is 1. The van der Waals surface area contributed by atoms with Crippen LogP contribution in [0.1, 0.15) is 38.2 Å².